The highest BCUT2D eigenvalue weighted by Gasteiger charge is 2.43. The molecule has 0 aliphatic rings. The fourth-order valence-electron chi connectivity index (χ4n) is 1.40. The van der Waals surface area contributed by atoms with Gasteiger partial charge < -0.3 is 4.74 Å². The number of carbonyl (C=O) groups is 1. The van der Waals surface area contributed by atoms with Gasteiger partial charge in [-0.15, -0.1) is 0 Å². The normalized spacial score (nSPS) is 15.7. The highest BCUT2D eigenvalue weighted by Crippen LogP contribution is 2.31. The second-order valence-electron chi connectivity index (χ2n) is 4.34. The summed E-state index contributed by atoms with van der Waals surface area (Å²) < 4.78 is 19.0. The van der Waals surface area contributed by atoms with Crippen molar-refractivity contribution >= 4 is 5.97 Å². The molecule has 0 spiro atoms. The molecule has 0 aromatic carbocycles. The molecule has 2 nitrogen and oxygen atoms in total. The van der Waals surface area contributed by atoms with E-state index in [1.54, 1.807) is 20.8 Å². The summed E-state index contributed by atoms with van der Waals surface area (Å²) in [6.45, 7) is 9.13. The number of alkyl halides is 1. The van der Waals surface area contributed by atoms with Crippen molar-refractivity contribution in [1.82, 2.24) is 0 Å². The zero-order valence-corrected chi connectivity index (χ0v) is 9.76. The Morgan fingerprint density at radius 2 is 1.86 bits per heavy atom. The number of ether oxygens (including phenoxy) is 1. The molecule has 0 bridgehead atoms. The molecule has 0 aliphatic heterocycles. The van der Waals surface area contributed by atoms with Crippen molar-refractivity contribution in [3.05, 3.63) is 0 Å². The van der Waals surface area contributed by atoms with Crippen molar-refractivity contribution in [2.75, 3.05) is 6.61 Å². The molecule has 0 fully saturated rings. The van der Waals surface area contributed by atoms with Gasteiger partial charge in [0.05, 0.1) is 6.61 Å². The molecule has 84 valence electrons. The smallest absolute Gasteiger partial charge is 0.344 e. The first-order chi connectivity index (χ1) is 6.34. The second-order valence-corrected chi connectivity index (χ2v) is 4.34. The largest absolute Gasteiger partial charge is 0.464 e. The van der Waals surface area contributed by atoms with Gasteiger partial charge in [0.2, 0.25) is 5.67 Å². The summed E-state index contributed by atoms with van der Waals surface area (Å²) in [4.78, 5) is 11.4. The van der Waals surface area contributed by atoms with Gasteiger partial charge in [0.25, 0.3) is 0 Å². The van der Waals surface area contributed by atoms with E-state index in [0.29, 0.717) is 0 Å². The number of halogens is 1. The minimum Gasteiger partial charge on any atom is -0.464 e. The third-order valence-corrected chi connectivity index (χ3v) is 2.24. The molecule has 0 heterocycles. The van der Waals surface area contributed by atoms with Crippen LogP contribution in [0.4, 0.5) is 4.39 Å². The summed E-state index contributed by atoms with van der Waals surface area (Å²) in [5, 5.41) is 0. The molecule has 0 saturated carbocycles. The van der Waals surface area contributed by atoms with Crippen molar-refractivity contribution in [3.8, 4) is 0 Å². The molecular weight excluding hydrogens is 183 g/mol. The van der Waals surface area contributed by atoms with E-state index < -0.39 is 11.6 Å². The van der Waals surface area contributed by atoms with Gasteiger partial charge in [-0.05, 0) is 25.2 Å². The Morgan fingerprint density at radius 1 is 1.36 bits per heavy atom. The molecule has 0 rings (SSSR count). The number of rotatable bonds is 5. The third-order valence-electron chi connectivity index (χ3n) is 2.24. The summed E-state index contributed by atoms with van der Waals surface area (Å²) in [6.07, 6.45) is 0.226. The standard InChI is InChI=1S/C11H21FO2/c1-6-14-10(13)11(12,9(4)5)7-8(2)3/h8-9H,6-7H2,1-5H3. The highest BCUT2D eigenvalue weighted by atomic mass is 19.1. The quantitative estimate of drug-likeness (QED) is 0.643. The fraction of sp³-hybridized carbons (Fsp3) is 0.909. The topological polar surface area (TPSA) is 26.3 Å². The van der Waals surface area contributed by atoms with Gasteiger partial charge in [-0.1, -0.05) is 27.7 Å². The van der Waals surface area contributed by atoms with E-state index in [9.17, 15) is 9.18 Å². The van der Waals surface area contributed by atoms with Crippen molar-refractivity contribution in [2.24, 2.45) is 11.8 Å². The van der Waals surface area contributed by atoms with Crippen LogP contribution >= 0.6 is 0 Å². The average Bonchev–Trinajstić information content (AvgIpc) is 2.02. The Morgan fingerprint density at radius 3 is 2.14 bits per heavy atom. The molecular formula is C11H21FO2. The summed E-state index contributed by atoms with van der Waals surface area (Å²) in [5.41, 5.74) is -1.83. The molecule has 14 heavy (non-hydrogen) atoms. The van der Waals surface area contributed by atoms with Crippen LogP contribution in [0, 0.1) is 11.8 Å². The first-order valence-electron chi connectivity index (χ1n) is 5.20. The van der Waals surface area contributed by atoms with E-state index in [1.807, 2.05) is 13.8 Å². The molecule has 1 unspecified atom stereocenters. The summed E-state index contributed by atoms with van der Waals surface area (Å²) in [5.74, 6) is -0.917. The summed E-state index contributed by atoms with van der Waals surface area (Å²) >= 11 is 0. The fourth-order valence-corrected chi connectivity index (χ4v) is 1.40. The van der Waals surface area contributed by atoms with Crippen LogP contribution in [-0.2, 0) is 9.53 Å². The van der Waals surface area contributed by atoms with Crippen LogP contribution in [0.2, 0.25) is 0 Å². The Balaban J connectivity index is 4.62. The lowest BCUT2D eigenvalue weighted by atomic mass is 9.84. The van der Waals surface area contributed by atoms with Crippen molar-refractivity contribution < 1.29 is 13.9 Å². The van der Waals surface area contributed by atoms with Crippen LogP contribution in [0.5, 0.6) is 0 Å². The van der Waals surface area contributed by atoms with Crippen LogP contribution in [0.3, 0.4) is 0 Å². The van der Waals surface area contributed by atoms with E-state index in [4.69, 9.17) is 4.74 Å². The molecule has 0 aliphatic carbocycles. The second kappa shape index (κ2) is 5.32. The predicted molar refractivity (Wildman–Crippen MR) is 54.8 cm³/mol. The predicted octanol–water partition coefficient (Wildman–Crippen LogP) is 2.96. The van der Waals surface area contributed by atoms with E-state index in [1.165, 1.54) is 0 Å². The zero-order chi connectivity index (χ0) is 11.4. The van der Waals surface area contributed by atoms with Gasteiger partial charge in [-0.3, -0.25) is 0 Å². The molecule has 0 saturated heterocycles. The van der Waals surface area contributed by atoms with Crippen LogP contribution < -0.4 is 0 Å². The van der Waals surface area contributed by atoms with Crippen molar-refractivity contribution in [1.29, 1.82) is 0 Å². The average molecular weight is 204 g/mol. The maximum absolute atomic E-state index is 14.3. The van der Waals surface area contributed by atoms with Gasteiger partial charge in [0, 0.05) is 0 Å². The lowest BCUT2D eigenvalue weighted by molar-refractivity contribution is -0.162. The van der Waals surface area contributed by atoms with E-state index in [-0.39, 0.29) is 24.9 Å². The van der Waals surface area contributed by atoms with Crippen molar-refractivity contribution in [3.63, 3.8) is 0 Å². The van der Waals surface area contributed by atoms with Crippen LogP contribution in [0.25, 0.3) is 0 Å². The number of hydrogen-bond acceptors (Lipinski definition) is 2. The number of hydrogen-bond donors (Lipinski definition) is 0. The third kappa shape index (κ3) is 3.28. The molecule has 0 radical (unpaired) electrons. The zero-order valence-electron chi connectivity index (χ0n) is 9.76. The SMILES string of the molecule is CCOC(=O)C(F)(CC(C)C)C(C)C. The molecule has 0 N–H and O–H groups in total. The lowest BCUT2D eigenvalue weighted by Crippen LogP contribution is -2.42. The summed E-state index contributed by atoms with van der Waals surface area (Å²) in [7, 11) is 0. The molecule has 3 heteroatoms. The van der Waals surface area contributed by atoms with Gasteiger partial charge >= 0.3 is 5.97 Å². The Kier molecular flexibility index (Phi) is 5.09. The van der Waals surface area contributed by atoms with Gasteiger partial charge in [0.1, 0.15) is 0 Å². The van der Waals surface area contributed by atoms with Crippen LogP contribution in [0.15, 0.2) is 0 Å². The van der Waals surface area contributed by atoms with E-state index in [0.717, 1.165) is 0 Å². The van der Waals surface area contributed by atoms with Gasteiger partial charge in [0.15, 0.2) is 0 Å². The van der Waals surface area contributed by atoms with Gasteiger partial charge in [-0.25, -0.2) is 9.18 Å². The highest BCUT2D eigenvalue weighted by molar-refractivity contribution is 5.79. The monoisotopic (exact) mass is 204 g/mol. The van der Waals surface area contributed by atoms with Crippen LogP contribution in [-0.4, -0.2) is 18.2 Å². The Bertz CT molecular complexity index is 190. The molecule has 0 aromatic rings. The molecule has 0 amide bonds. The first-order valence-corrected chi connectivity index (χ1v) is 5.20. The number of esters is 1. The Labute approximate surface area is 85.8 Å². The minimum atomic E-state index is -1.83. The number of carbonyl (C=O) groups excluding carboxylic acids is 1. The summed E-state index contributed by atoms with van der Waals surface area (Å²) in [6, 6.07) is 0. The maximum atomic E-state index is 14.3. The van der Waals surface area contributed by atoms with Crippen LogP contribution in [0.1, 0.15) is 41.0 Å². The van der Waals surface area contributed by atoms with Gasteiger partial charge in [-0.2, -0.15) is 0 Å². The lowest BCUT2D eigenvalue weighted by Gasteiger charge is -2.28. The first kappa shape index (κ1) is 13.4. The molecule has 0 aromatic heterocycles. The van der Waals surface area contributed by atoms with E-state index >= 15 is 0 Å². The minimum absolute atomic E-state index is 0.145. The maximum Gasteiger partial charge on any atom is 0.344 e. The molecule has 1 atom stereocenters. The van der Waals surface area contributed by atoms with Crippen molar-refractivity contribution in [2.45, 2.75) is 46.7 Å². The van der Waals surface area contributed by atoms with E-state index in [2.05, 4.69) is 0 Å². The Hall–Kier alpha value is -0.600.